The Bertz CT molecular complexity index is 516. The first kappa shape index (κ1) is 11.3. The Labute approximate surface area is 95.2 Å². The summed E-state index contributed by atoms with van der Waals surface area (Å²) in [4.78, 5) is 0.280. The van der Waals surface area contributed by atoms with Gasteiger partial charge in [-0.3, -0.25) is 5.10 Å². The Morgan fingerprint density at radius 2 is 2.19 bits per heavy atom. The number of sulfonamides is 1. The number of aryl methyl sites for hydroxylation is 1. The monoisotopic (exact) mass is 241 g/mol. The van der Waals surface area contributed by atoms with Gasteiger partial charge in [-0.2, -0.15) is 9.40 Å². The van der Waals surface area contributed by atoms with E-state index in [-0.39, 0.29) is 4.90 Å². The average Bonchev–Trinajstić information content (AvgIpc) is 2.65. The molecule has 0 spiro atoms. The Morgan fingerprint density at radius 3 is 2.75 bits per heavy atom. The highest BCUT2D eigenvalue weighted by molar-refractivity contribution is 7.89. The molecule has 1 N–H and O–H groups in total. The topological polar surface area (TPSA) is 66.1 Å². The zero-order chi connectivity index (χ0) is 11.8. The van der Waals surface area contributed by atoms with Gasteiger partial charge >= 0.3 is 0 Å². The van der Waals surface area contributed by atoms with Gasteiger partial charge in [-0.05, 0) is 20.3 Å². The van der Waals surface area contributed by atoms with Crippen molar-refractivity contribution in [1.82, 2.24) is 14.5 Å². The number of aromatic amines is 1. The van der Waals surface area contributed by atoms with E-state index < -0.39 is 10.0 Å². The van der Waals surface area contributed by atoms with Gasteiger partial charge in [0.25, 0.3) is 0 Å². The van der Waals surface area contributed by atoms with E-state index in [2.05, 4.69) is 16.3 Å². The van der Waals surface area contributed by atoms with E-state index in [1.165, 1.54) is 10.5 Å². The Kier molecular flexibility index (Phi) is 2.86. The summed E-state index contributed by atoms with van der Waals surface area (Å²) in [6.45, 7) is 4.69. The van der Waals surface area contributed by atoms with Crippen molar-refractivity contribution < 1.29 is 8.42 Å². The van der Waals surface area contributed by atoms with E-state index in [0.717, 1.165) is 12.0 Å². The van der Waals surface area contributed by atoms with Crippen molar-refractivity contribution in [2.75, 3.05) is 13.1 Å². The van der Waals surface area contributed by atoms with E-state index in [4.69, 9.17) is 0 Å². The maximum Gasteiger partial charge on any atom is 0.246 e. The summed E-state index contributed by atoms with van der Waals surface area (Å²) in [5.41, 5.74) is 1.68. The molecule has 2 rings (SSSR count). The molecule has 0 saturated heterocycles. The van der Waals surface area contributed by atoms with Crippen molar-refractivity contribution in [2.45, 2.75) is 25.2 Å². The van der Waals surface area contributed by atoms with Crippen LogP contribution in [0.4, 0.5) is 0 Å². The molecule has 1 aromatic heterocycles. The van der Waals surface area contributed by atoms with Crippen LogP contribution in [-0.4, -0.2) is 36.0 Å². The molecule has 0 bridgehead atoms. The molecule has 0 amide bonds. The fourth-order valence-corrected chi connectivity index (χ4v) is 3.44. The summed E-state index contributed by atoms with van der Waals surface area (Å²) >= 11 is 0. The largest absolute Gasteiger partial charge is 0.281 e. The molecule has 2 heterocycles. The highest BCUT2D eigenvalue weighted by atomic mass is 32.2. The van der Waals surface area contributed by atoms with Crippen LogP contribution in [0.15, 0.2) is 22.7 Å². The van der Waals surface area contributed by atoms with E-state index in [0.29, 0.717) is 18.8 Å². The molecule has 0 radical (unpaired) electrons. The van der Waals surface area contributed by atoms with Gasteiger partial charge in [-0.1, -0.05) is 11.6 Å². The van der Waals surface area contributed by atoms with Gasteiger partial charge in [-0.15, -0.1) is 0 Å². The van der Waals surface area contributed by atoms with Gasteiger partial charge in [0, 0.05) is 13.1 Å². The van der Waals surface area contributed by atoms with Crippen LogP contribution in [0, 0.1) is 6.92 Å². The first-order valence-corrected chi connectivity index (χ1v) is 6.61. The van der Waals surface area contributed by atoms with Crippen LogP contribution in [0.1, 0.15) is 19.0 Å². The van der Waals surface area contributed by atoms with Crippen molar-refractivity contribution in [2.24, 2.45) is 0 Å². The average molecular weight is 241 g/mol. The standard InChI is InChI=1S/C10H15N3O2S/c1-8-4-3-5-13(7-8)16(14,15)10-6-11-12-9(10)2/h4,6H,3,5,7H2,1-2H3,(H,11,12). The van der Waals surface area contributed by atoms with Gasteiger partial charge in [0.1, 0.15) is 4.90 Å². The molecule has 0 saturated carbocycles. The van der Waals surface area contributed by atoms with Crippen molar-refractivity contribution in [1.29, 1.82) is 0 Å². The SMILES string of the molecule is CC1=CCCN(S(=O)(=O)c2cn[nH]c2C)C1. The lowest BCUT2D eigenvalue weighted by Crippen LogP contribution is -2.35. The Hall–Kier alpha value is -1.14. The number of hydrogen-bond donors (Lipinski definition) is 1. The van der Waals surface area contributed by atoms with Crippen molar-refractivity contribution in [3.05, 3.63) is 23.5 Å². The summed E-state index contributed by atoms with van der Waals surface area (Å²) in [7, 11) is -3.38. The molecule has 5 nitrogen and oxygen atoms in total. The molecule has 6 heteroatoms. The molecule has 0 unspecified atom stereocenters. The van der Waals surface area contributed by atoms with Crippen LogP contribution in [0.3, 0.4) is 0 Å². The molecule has 16 heavy (non-hydrogen) atoms. The number of rotatable bonds is 2. The number of H-pyrrole nitrogens is 1. The maximum atomic E-state index is 12.3. The summed E-state index contributed by atoms with van der Waals surface area (Å²) < 4.78 is 26.0. The lowest BCUT2D eigenvalue weighted by Gasteiger charge is -2.25. The van der Waals surface area contributed by atoms with Gasteiger partial charge in [0.2, 0.25) is 10.0 Å². The predicted molar refractivity (Wildman–Crippen MR) is 60.5 cm³/mol. The second-order valence-corrected chi connectivity index (χ2v) is 5.94. The lowest BCUT2D eigenvalue weighted by molar-refractivity contribution is 0.427. The van der Waals surface area contributed by atoms with Gasteiger partial charge in [0.05, 0.1) is 11.9 Å². The summed E-state index contributed by atoms with van der Waals surface area (Å²) in [6.07, 6.45) is 4.23. The number of nitrogens with one attached hydrogen (secondary N) is 1. The van der Waals surface area contributed by atoms with E-state index >= 15 is 0 Å². The van der Waals surface area contributed by atoms with E-state index in [1.807, 2.05) is 6.92 Å². The van der Waals surface area contributed by atoms with Crippen LogP contribution in [0.5, 0.6) is 0 Å². The van der Waals surface area contributed by atoms with Crippen LogP contribution in [0.25, 0.3) is 0 Å². The van der Waals surface area contributed by atoms with E-state index in [9.17, 15) is 8.42 Å². The van der Waals surface area contributed by atoms with Gasteiger partial charge in [0.15, 0.2) is 0 Å². The van der Waals surface area contributed by atoms with Gasteiger partial charge in [-0.25, -0.2) is 8.42 Å². The minimum absolute atomic E-state index is 0.280. The minimum atomic E-state index is -3.38. The van der Waals surface area contributed by atoms with Crippen LogP contribution in [0.2, 0.25) is 0 Å². The van der Waals surface area contributed by atoms with Crippen molar-refractivity contribution in [3.63, 3.8) is 0 Å². The quantitative estimate of drug-likeness (QED) is 0.787. The molecule has 1 aromatic rings. The third-order valence-corrected chi connectivity index (χ3v) is 4.66. The second kappa shape index (κ2) is 4.03. The van der Waals surface area contributed by atoms with E-state index in [1.54, 1.807) is 6.92 Å². The fourth-order valence-electron chi connectivity index (χ4n) is 1.82. The minimum Gasteiger partial charge on any atom is -0.281 e. The highest BCUT2D eigenvalue weighted by Crippen LogP contribution is 2.21. The van der Waals surface area contributed by atoms with Crippen LogP contribution >= 0.6 is 0 Å². The fraction of sp³-hybridized carbons (Fsp3) is 0.500. The first-order chi connectivity index (χ1) is 7.51. The smallest absolute Gasteiger partial charge is 0.246 e. The number of hydrogen-bond acceptors (Lipinski definition) is 3. The van der Waals surface area contributed by atoms with Gasteiger partial charge < -0.3 is 0 Å². The van der Waals surface area contributed by atoms with Crippen molar-refractivity contribution in [3.8, 4) is 0 Å². The number of nitrogens with zero attached hydrogens (tertiary/aromatic N) is 2. The lowest BCUT2D eigenvalue weighted by atomic mass is 10.2. The van der Waals surface area contributed by atoms with Crippen LogP contribution in [-0.2, 0) is 10.0 Å². The third kappa shape index (κ3) is 1.90. The molecule has 0 aromatic carbocycles. The third-order valence-electron chi connectivity index (χ3n) is 2.70. The normalized spacial score (nSPS) is 18.5. The molecule has 0 aliphatic carbocycles. The molecule has 0 atom stereocenters. The highest BCUT2D eigenvalue weighted by Gasteiger charge is 2.28. The van der Waals surface area contributed by atoms with Crippen molar-refractivity contribution >= 4 is 10.0 Å². The predicted octanol–water partition coefficient (Wildman–Crippen LogP) is 1.06. The molecule has 88 valence electrons. The summed E-state index contributed by atoms with van der Waals surface area (Å²) in [5, 5.41) is 6.41. The zero-order valence-corrected chi connectivity index (χ0v) is 10.2. The molecular weight excluding hydrogens is 226 g/mol. The number of aromatic nitrogens is 2. The second-order valence-electron chi connectivity index (χ2n) is 4.04. The molecule has 0 fully saturated rings. The molecule has 1 aliphatic rings. The summed E-state index contributed by atoms with van der Waals surface area (Å²) in [5.74, 6) is 0. The molecular formula is C10H15N3O2S. The maximum absolute atomic E-state index is 12.3. The summed E-state index contributed by atoms with van der Waals surface area (Å²) in [6, 6.07) is 0. The van der Waals surface area contributed by atoms with Crippen LogP contribution < -0.4 is 0 Å². The molecule has 1 aliphatic heterocycles. The zero-order valence-electron chi connectivity index (χ0n) is 9.40. The Morgan fingerprint density at radius 1 is 1.44 bits per heavy atom. The Balaban J connectivity index is 2.34. The first-order valence-electron chi connectivity index (χ1n) is 5.17.